The van der Waals surface area contributed by atoms with Crippen LogP contribution in [0.4, 0.5) is 0 Å². The summed E-state index contributed by atoms with van der Waals surface area (Å²) in [6, 6.07) is 5.48. The van der Waals surface area contributed by atoms with Crippen LogP contribution in [-0.4, -0.2) is 14.8 Å². The highest BCUT2D eigenvalue weighted by Gasteiger charge is 2.00. The Balaban J connectivity index is 1.89. The van der Waals surface area contributed by atoms with Crippen LogP contribution in [0.1, 0.15) is 11.4 Å². The molecule has 4 nitrogen and oxygen atoms in total. The van der Waals surface area contributed by atoms with Crippen LogP contribution in [0.25, 0.3) is 0 Å². The molecule has 0 spiro atoms. The van der Waals surface area contributed by atoms with E-state index in [4.69, 9.17) is 23.2 Å². The Bertz CT molecular complexity index is 490. The number of rotatable bonds is 4. The molecule has 0 fully saturated rings. The van der Waals surface area contributed by atoms with E-state index >= 15 is 0 Å². The first-order valence-corrected chi connectivity index (χ1v) is 5.89. The molecule has 0 saturated heterocycles. The van der Waals surface area contributed by atoms with Gasteiger partial charge in [0.05, 0.1) is 6.54 Å². The number of aromatic nitrogens is 3. The van der Waals surface area contributed by atoms with E-state index in [2.05, 4.69) is 15.4 Å². The minimum Gasteiger partial charge on any atom is -0.306 e. The fourth-order valence-electron chi connectivity index (χ4n) is 1.50. The molecule has 0 radical (unpaired) electrons. The molecular weight excluding hydrogens is 259 g/mol. The Morgan fingerprint density at radius 3 is 2.47 bits per heavy atom. The molecule has 0 aliphatic heterocycles. The minimum absolute atomic E-state index is 0.616. The van der Waals surface area contributed by atoms with Crippen molar-refractivity contribution in [3.63, 3.8) is 0 Å². The van der Waals surface area contributed by atoms with E-state index in [1.165, 1.54) is 0 Å². The van der Waals surface area contributed by atoms with E-state index in [9.17, 15) is 0 Å². The van der Waals surface area contributed by atoms with Gasteiger partial charge in [0.15, 0.2) is 5.82 Å². The second kappa shape index (κ2) is 5.49. The number of aryl methyl sites for hydroxylation is 1. The van der Waals surface area contributed by atoms with Gasteiger partial charge in [-0.25, -0.2) is 4.98 Å². The molecule has 0 saturated carbocycles. The van der Waals surface area contributed by atoms with Crippen molar-refractivity contribution in [3.05, 3.63) is 46.0 Å². The summed E-state index contributed by atoms with van der Waals surface area (Å²) >= 11 is 11.8. The van der Waals surface area contributed by atoms with Crippen molar-refractivity contribution in [3.8, 4) is 0 Å². The van der Waals surface area contributed by atoms with Crippen molar-refractivity contribution in [1.82, 2.24) is 20.1 Å². The highest BCUT2D eigenvalue weighted by atomic mass is 35.5. The van der Waals surface area contributed by atoms with Crippen molar-refractivity contribution >= 4 is 23.2 Å². The Labute approximate surface area is 110 Å². The van der Waals surface area contributed by atoms with E-state index in [1.54, 1.807) is 17.1 Å². The zero-order valence-electron chi connectivity index (χ0n) is 9.32. The molecule has 1 aromatic heterocycles. The van der Waals surface area contributed by atoms with Crippen molar-refractivity contribution in [1.29, 1.82) is 0 Å². The van der Waals surface area contributed by atoms with Crippen LogP contribution < -0.4 is 5.32 Å². The van der Waals surface area contributed by atoms with Crippen molar-refractivity contribution < 1.29 is 0 Å². The molecule has 0 aliphatic rings. The molecular formula is C11H12Cl2N4. The number of halogens is 2. The number of nitrogens with one attached hydrogen (secondary N) is 1. The second-order valence-electron chi connectivity index (χ2n) is 3.72. The normalized spacial score (nSPS) is 10.8. The Kier molecular flexibility index (Phi) is 3.99. The van der Waals surface area contributed by atoms with Crippen molar-refractivity contribution in [2.75, 3.05) is 0 Å². The number of nitrogens with zero attached hydrogens (tertiary/aromatic N) is 3. The molecule has 0 bridgehead atoms. The standard InChI is InChI=1S/C11H12Cl2N4/c1-17-7-15-11(16-17)6-14-5-8-2-9(12)4-10(13)3-8/h2-4,7,14H,5-6H2,1H3. The summed E-state index contributed by atoms with van der Waals surface area (Å²) in [6.45, 7) is 1.30. The molecule has 17 heavy (non-hydrogen) atoms. The minimum atomic E-state index is 0.616. The molecule has 0 unspecified atom stereocenters. The number of hydrogen-bond acceptors (Lipinski definition) is 3. The second-order valence-corrected chi connectivity index (χ2v) is 4.59. The van der Waals surface area contributed by atoms with Gasteiger partial charge in [-0.1, -0.05) is 23.2 Å². The van der Waals surface area contributed by atoms with E-state index < -0.39 is 0 Å². The highest BCUT2D eigenvalue weighted by molar-refractivity contribution is 6.34. The van der Waals surface area contributed by atoms with E-state index in [0.29, 0.717) is 23.1 Å². The summed E-state index contributed by atoms with van der Waals surface area (Å²) in [7, 11) is 1.84. The topological polar surface area (TPSA) is 42.7 Å². The molecule has 1 heterocycles. The molecule has 2 rings (SSSR count). The van der Waals surface area contributed by atoms with Crippen LogP contribution in [0.2, 0.25) is 10.0 Å². The first-order valence-electron chi connectivity index (χ1n) is 5.14. The van der Waals surface area contributed by atoms with Crippen LogP contribution in [0.3, 0.4) is 0 Å². The third kappa shape index (κ3) is 3.70. The van der Waals surface area contributed by atoms with Gasteiger partial charge in [0.2, 0.25) is 0 Å². The van der Waals surface area contributed by atoms with Gasteiger partial charge in [-0.15, -0.1) is 0 Å². The quantitative estimate of drug-likeness (QED) is 0.928. The third-order valence-electron chi connectivity index (χ3n) is 2.18. The van der Waals surface area contributed by atoms with Gasteiger partial charge in [0.25, 0.3) is 0 Å². The predicted octanol–water partition coefficient (Wildman–Crippen LogP) is 2.41. The van der Waals surface area contributed by atoms with Crippen LogP contribution in [0.5, 0.6) is 0 Å². The summed E-state index contributed by atoms with van der Waals surface area (Å²) in [6.07, 6.45) is 1.67. The largest absolute Gasteiger partial charge is 0.306 e. The number of benzene rings is 1. The summed E-state index contributed by atoms with van der Waals surface area (Å²) in [4.78, 5) is 4.12. The summed E-state index contributed by atoms with van der Waals surface area (Å²) in [5.74, 6) is 0.764. The van der Waals surface area contributed by atoms with Crippen LogP contribution in [0, 0.1) is 0 Å². The molecule has 0 atom stereocenters. The van der Waals surface area contributed by atoms with Gasteiger partial charge in [0.1, 0.15) is 6.33 Å². The lowest BCUT2D eigenvalue weighted by Gasteiger charge is -2.04. The van der Waals surface area contributed by atoms with Gasteiger partial charge >= 0.3 is 0 Å². The Hall–Kier alpha value is -1.10. The zero-order valence-corrected chi connectivity index (χ0v) is 10.8. The fourth-order valence-corrected chi connectivity index (χ4v) is 2.07. The predicted molar refractivity (Wildman–Crippen MR) is 68.0 cm³/mol. The fraction of sp³-hybridized carbons (Fsp3) is 0.273. The highest BCUT2D eigenvalue weighted by Crippen LogP contribution is 2.18. The maximum Gasteiger partial charge on any atom is 0.164 e. The smallest absolute Gasteiger partial charge is 0.164 e. The van der Waals surface area contributed by atoms with Crippen LogP contribution in [-0.2, 0) is 20.1 Å². The maximum absolute atomic E-state index is 5.91. The molecule has 6 heteroatoms. The Morgan fingerprint density at radius 2 is 1.88 bits per heavy atom. The average Bonchev–Trinajstić information content (AvgIpc) is 2.63. The summed E-state index contributed by atoms with van der Waals surface area (Å²) in [5, 5.41) is 8.69. The molecule has 0 aliphatic carbocycles. The molecule has 1 aromatic carbocycles. The van der Waals surface area contributed by atoms with Gasteiger partial charge < -0.3 is 5.32 Å². The first kappa shape index (κ1) is 12.4. The van der Waals surface area contributed by atoms with Crippen LogP contribution in [0.15, 0.2) is 24.5 Å². The van der Waals surface area contributed by atoms with Gasteiger partial charge in [0, 0.05) is 23.6 Å². The lowest BCUT2D eigenvalue weighted by atomic mass is 10.2. The lowest BCUT2D eigenvalue weighted by Crippen LogP contribution is -2.14. The molecule has 90 valence electrons. The van der Waals surface area contributed by atoms with E-state index in [1.807, 2.05) is 19.2 Å². The SMILES string of the molecule is Cn1cnc(CNCc2cc(Cl)cc(Cl)c2)n1. The number of hydrogen-bond donors (Lipinski definition) is 1. The monoisotopic (exact) mass is 270 g/mol. The zero-order chi connectivity index (χ0) is 12.3. The van der Waals surface area contributed by atoms with Gasteiger partial charge in [-0.2, -0.15) is 5.10 Å². The maximum atomic E-state index is 5.91. The average molecular weight is 271 g/mol. The molecule has 1 N–H and O–H groups in total. The van der Waals surface area contributed by atoms with Crippen molar-refractivity contribution in [2.24, 2.45) is 7.05 Å². The van der Waals surface area contributed by atoms with Gasteiger partial charge in [-0.3, -0.25) is 4.68 Å². The van der Waals surface area contributed by atoms with Gasteiger partial charge in [-0.05, 0) is 23.8 Å². The van der Waals surface area contributed by atoms with Crippen LogP contribution >= 0.6 is 23.2 Å². The third-order valence-corrected chi connectivity index (χ3v) is 2.62. The lowest BCUT2D eigenvalue weighted by molar-refractivity contribution is 0.649. The van der Waals surface area contributed by atoms with E-state index in [-0.39, 0.29) is 0 Å². The summed E-state index contributed by atoms with van der Waals surface area (Å²) < 4.78 is 1.67. The molecule has 0 amide bonds. The summed E-state index contributed by atoms with van der Waals surface area (Å²) in [5.41, 5.74) is 1.04. The first-order chi connectivity index (χ1) is 8.13. The van der Waals surface area contributed by atoms with E-state index in [0.717, 1.165) is 11.4 Å². The Morgan fingerprint density at radius 1 is 1.18 bits per heavy atom. The van der Waals surface area contributed by atoms with Crippen molar-refractivity contribution in [2.45, 2.75) is 13.1 Å². The molecule has 2 aromatic rings.